The molecule has 3 aromatic carbocycles. The van der Waals surface area contributed by atoms with E-state index in [1.165, 1.54) is 30.3 Å². The highest BCUT2D eigenvalue weighted by Gasteiger charge is 2.20. The highest BCUT2D eigenvalue weighted by molar-refractivity contribution is 6.32. The number of aryl methyl sites for hydroxylation is 1. The van der Waals surface area contributed by atoms with Crippen LogP contribution in [0.25, 0.3) is 10.9 Å². The molecule has 178 valence electrons. The lowest BCUT2D eigenvalue weighted by Gasteiger charge is -2.13. The van der Waals surface area contributed by atoms with Crippen LogP contribution in [0.15, 0.2) is 48.5 Å². The number of hydrogen-bond acceptors (Lipinski definition) is 4. The molecule has 1 aromatic heterocycles. The van der Waals surface area contributed by atoms with E-state index in [1.807, 2.05) is 31.2 Å². The largest absolute Gasteiger partial charge is 0.497 e. The van der Waals surface area contributed by atoms with Gasteiger partial charge in [0.25, 0.3) is 5.91 Å². The summed E-state index contributed by atoms with van der Waals surface area (Å²) in [5.41, 5.74) is 2.49. The average Bonchev–Trinajstić information content (AvgIpc) is 3.23. The van der Waals surface area contributed by atoms with Crippen molar-refractivity contribution in [1.29, 1.82) is 5.26 Å². The summed E-state index contributed by atoms with van der Waals surface area (Å²) in [7, 11) is 1.58. The second-order valence-corrected chi connectivity index (χ2v) is 8.51. The quantitative estimate of drug-likeness (QED) is 0.286. The fraction of sp³-hybridized carbons (Fsp3) is 0.154. The number of H-pyrrole nitrogens is 1. The van der Waals surface area contributed by atoms with Crippen molar-refractivity contribution in [3.63, 3.8) is 0 Å². The molecule has 35 heavy (non-hydrogen) atoms. The van der Waals surface area contributed by atoms with E-state index >= 15 is 4.39 Å². The number of methoxy groups -OCH3 is 1. The normalized spacial score (nSPS) is 10.7. The van der Waals surface area contributed by atoms with Crippen LogP contribution in [-0.2, 0) is 13.0 Å². The van der Waals surface area contributed by atoms with Gasteiger partial charge >= 0.3 is 0 Å². The minimum Gasteiger partial charge on any atom is -0.497 e. The first-order chi connectivity index (χ1) is 16.8. The molecule has 0 spiro atoms. The summed E-state index contributed by atoms with van der Waals surface area (Å²) in [6.07, 6.45) is 0.619. The number of aromatic nitrogens is 1. The fourth-order valence-electron chi connectivity index (χ4n) is 3.79. The number of fused-ring (bicyclic) bond motifs is 1. The molecule has 2 N–H and O–H groups in total. The van der Waals surface area contributed by atoms with Gasteiger partial charge in [0, 0.05) is 28.0 Å². The maximum Gasteiger partial charge on any atom is 0.268 e. The fourth-order valence-corrected chi connectivity index (χ4v) is 4.20. The van der Waals surface area contributed by atoms with Crippen molar-refractivity contribution in [3.05, 3.63) is 86.8 Å². The van der Waals surface area contributed by atoms with Gasteiger partial charge in [-0.2, -0.15) is 5.26 Å². The number of rotatable bonds is 7. The molecule has 0 bridgehead atoms. The second kappa shape index (κ2) is 10.3. The predicted octanol–water partition coefficient (Wildman–Crippen LogP) is 6.78. The van der Waals surface area contributed by atoms with Gasteiger partial charge in [0.2, 0.25) is 0 Å². The van der Waals surface area contributed by atoms with E-state index in [2.05, 4.69) is 10.3 Å². The van der Waals surface area contributed by atoms with E-state index in [9.17, 15) is 4.79 Å². The third kappa shape index (κ3) is 5.04. The lowest BCUT2D eigenvalue weighted by molar-refractivity contribution is 0.0945. The molecular weight excluding hydrogens is 492 g/mol. The van der Waals surface area contributed by atoms with E-state index in [4.69, 9.17) is 37.9 Å². The molecule has 0 unspecified atom stereocenters. The Hall–Kier alpha value is -3.73. The van der Waals surface area contributed by atoms with Gasteiger partial charge in [-0.15, -0.1) is 0 Å². The monoisotopic (exact) mass is 511 g/mol. The van der Waals surface area contributed by atoms with Crippen LogP contribution in [0.1, 0.15) is 34.1 Å². The standard InChI is InChI=1S/C26H20Cl2FN3O3/c1-3-19-20-11-17(34-2)5-7-22(20)32-24(19)26(33)31-13-15-4-6-21(28)25(23(15)29)35-18-9-14(12-30)8-16(27)10-18/h4-11,32H,3,13H2,1-2H3,(H,31,33). The lowest BCUT2D eigenvalue weighted by Crippen LogP contribution is -2.24. The van der Waals surface area contributed by atoms with Gasteiger partial charge in [-0.3, -0.25) is 4.79 Å². The topological polar surface area (TPSA) is 87.1 Å². The number of nitriles is 1. The summed E-state index contributed by atoms with van der Waals surface area (Å²) in [6, 6.07) is 14.8. The van der Waals surface area contributed by atoms with E-state index in [1.54, 1.807) is 7.11 Å². The summed E-state index contributed by atoms with van der Waals surface area (Å²) < 4.78 is 26.2. The summed E-state index contributed by atoms with van der Waals surface area (Å²) in [5, 5.41) is 13.1. The van der Waals surface area contributed by atoms with Crippen LogP contribution in [-0.4, -0.2) is 18.0 Å². The molecule has 0 saturated carbocycles. The lowest BCUT2D eigenvalue weighted by atomic mass is 10.1. The first-order valence-electron chi connectivity index (χ1n) is 10.7. The number of benzene rings is 3. The smallest absolute Gasteiger partial charge is 0.268 e. The highest BCUT2D eigenvalue weighted by atomic mass is 35.5. The Labute approximate surface area is 211 Å². The van der Waals surface area contributed by atoms with E-state index in [0.717, 1.165) is 16.5 Å². The zero-order valence-corrected chi connectivity index (χ0v) is 20.4. The summed E-state index contributed by atoms with van der Waals surface area (Å²) >= 11 is 12.2. The molecule has 0 aliphatic heterocycles. The summed E-state index contributed by atoms with van der Waals surface area (Å²) in [6.45, 7) is 1.86. The molecule has 0 aliphatic carbocycles. The molecule has 0 atom stereocenters. The number of amides is 1. The van der Waals surface area contributed by atoms with Crippen molar-refractivity contribution in [2.45, 2.75) is 19.9 Å². The zero-order valence-electron chi connectivity index (χ0n) is 18.8. The minimum atomic E-state index is -0.728. The molecule has 0 radical (unpaired) electrons. The van der Waals surface area contributed by atoms with Crippen LogP contribution in [0.3, 0.4) is 0 Å². The van der Waals surface area contributed by atoms with Gasteiger partial charge in [0.1, 0.15) is 17.2 Å². The molecule has 4 aromatic rings. The molecule has 1 amide bonds. The van der Waals surface area contributed by atoms with Gasteiger partial charge in [0.15, 0.2) is 11.6 Å². The second-order valence-electron chi connectivity index (χ2n) is 7.67. The SMILES string of the molecule is CCc1c(C(=O)NCc2ccc(Cl)c(Oc3cc(Cl)cc(C#N)c3)c2F)[nH]c2ccc(OC)cc12. The first-order valence-corrected chi connectivity index (χ1v) is 11.4. The average molecular weight is 512 g/mol. The number of hydrogen-bond donors (Lipinski definition) is 2. The Morgan fingerprint density at radius 3 is 2.66 bits per heavy atom. The summed E-state index contributed by atoms with van der Waals surface area (Å²) in [4.78, 5) is 16.1. The van der Waals surface area contributed by atoms with Gasteiger partial charge in [-0.1, -0.05) is 36.2 Å². The van der Waals surface area contributed by atoms with E-state index in [-0.39, 0.29) is 45.1 Å². The molecule has 6 nitrogen and oxygen atoms in total. The number of aromatic amines is 1. The van der Waals surface area contributed by atoms with Crippen molar-refractivity contribution in [1.82, 2.24) is 10.3 Å². The molecule has 4 rings (SSSR count). The zero-order chi connectivity index (χ0) is 25.1. The Morgan fingerprint density at radius 1 is 1.14 bits per heavy atom. The molecule has 1 heterocycles. The molecule has 0 saturated heterocycles. The van der Waals surface area contributed by atoms with Crippen molar-refractivity contribution >= 4 is 40.0 Å². The Kier molecular flexibility index (Phi) is 7.15. The molecule has 9 heteroatoms. The van der Waals surface area contributed by atoms with Crippen LogP contribution < -0.4 is 14.8 Å². The minimum absolute atomic E-state index is 0.0360. The predicted molar refractivity (Wildman–Crippen MR) is 133 cm³/mol. The van der Waals surface area contributed by atoms with Crippen molar-refractivity contribution in [2.24, 2.45) is 0 Å². The molecule has 0 aliphatic rings. The van der Waals surface area contributed by atoms with Crippen molar-refractivity contribution in [3.8, 4) is 23.3 Å². The van der Waals surface area contributed by atoms with Crippen molar-refractivity contribution in [2.75, 3.05) is 7.11 Å². The Balaban J connectivity index is 1.57. The van der Waals surface area contributed by atoms with Crippen LogP contribution >= 0.6 is 23.2 Å². The Morgan fingerprint density at radius 2 is 1.94 bits per heavy atom. The van der Waals surface area contributed by atoms with E-state index in [0.29, 0.717) is 17.9 Å². The van der Waals surface area contributed by atoms with Gasteiger partial charge in [-0.25, -0.2) is 4.39 Å². The van der Waals surface area contributed by atoms with Crippen molar-refractivity contribution < 1.29 is 18.7 Å². The van der Waals surface area contributed by atoms with E-state index < -0.39 is 5.82 Å². The van der Waals surface area contributed by atoms with Gasteiger partial charge in [0.05, 0.1) is 23.8 Å². The number of carbonyl (C=O) groups is 1. The molecular formula is C26H20Cl2FN3O3. The maximum absolute atomic E-state index is 15.3. The molecule has 0 fully saturated rings. The highest BCUT2D eigenvalue weighted by Crippen LogP contribution is 2.35. The van der Waals surface area contributed by atoms with Gasteiger partial charge < -0.3 is 19.8 Å². The Bertz CT molecular complexity index is 1480. The first kappa shape index (κ1) is 24.4. The number of nitrogens with one attached hydrogen (secondary N) is 2. The van der Waals surface area contributed by atoms with Crippen LogP contribution in [0, 0.1) is 17.1 Å². The van der Waals surface area contributed by atoms with Crippen LogP contribution in [0.4, 0.5) is 4.39 Å². The summed E-state index contributed by atoms with van der Waals surface area (Å²) in [5.74, 6) is -0.472. The maximum atomic E-state index is 15.3. The van der Waals surface area contributed by atoms with Gasteiger partial charge in [-0.05, 0) is 54.4 Å². The number of carbonyl (C=O) groups excluding carboxylic acids is 1. The van der Waals surface area contributed by atoms with Crippen LogP contribution in [0.2, 0.25) is 10.0 Å². The number of halogens is 3. The number of ether oxygens (including phenoxy) is 2. The van der Waals surface area contributed by atoms with Crippen LogP contribution in [0.5, 0.6) is 17.2 Å². The third-order valence-corrected chi connectivity index (χ3v) is 6.00. The third-order valence-electron chi connectivity index (χ3n) is 5.48. The number of nitrogens with zero attached hydrogens (tertiary/aromatic N) is 1.